The first-order valence-electron chi connectivity index (χ1n) is 2.57. The minimum absolute atomic E-state index is 0. The summed E-state index contributed by atoms with van der Waals surface area (Å²) in [7, 11) is 1.53. The SMILES string of the molecule is C.C.COC(C)(C)C(C)=O. The number of hydrogen-bond acceptors (Lipinski definition) is 2. The van der Waals surface area contributed by atoms with Crippen LogP contribution in [0.2, 0.25) is 0 Å². The zero-order valence-corrected chi connectivity index (χ0v) is 5.82. The largest absolute Gasteiger partial charge is 0.371 e. The molecular weight excluding hydrogens is 128 g/mol. The molecule has 2 nitrogen and oxygen atoms in total. The fourth-order valence-electron chi connectivity index (χ4n) is 0.144. The molecule has 0 unspecified atom stereocenters. The van der Waals surface area contributed by atoms with Gasteiger partial charge in [-0.15, -0.1) is 0 Å². The van der Waals surface area contributed by atoms with Crippen molar-refractivity contribution in [2.75, 3.05) is 7.11 Å². The van der Waals surface area contributed by atoms with Crippen molar-refractivity contribution in [3.05, 3.63) is 0 Å². The lowest BCUT2D eigenvalue weighted by molar-refractivity contribution is -0.134. The summed E-state index contributed by atoms with van der Waals surface area (Å²) in [6.07, 6.45) is 0. The third kappa shape index (κ3) is 4.50. The first kappa shape index (κ1) is 16.3. The molecule has 0 radical (unpaired) electrons. The lowest BCUT2D eigenvalue weighted by Crippen LogP contribution is -2.31. The molecule has 0 spiro atoms. The van der Waals surface area contributed by atoms with E-state index >= 15 is 0 Å². The predicted octanol–water partition coefficient (Wildman–Crippen LogP) is 2.27. The molecule has 0 atom stereocenters. The lowest BCUT2D eigenvalue weighted by Gasteiger charge is -2.17. The molecule has 0 fully saturated rings. The van der Waals surface area contributed by atoms with Gasteiger partial charge < -0.3 is 4.74 Å². The maximum Gasteiger partial charge on any atom is 0.160 e. The van der Waals surface area contributed by atoms with Crippen molar-refractivity contribution in [1.82, 2.24) is 0 Å². The zero-order chi connectivity index (χ0) is 6.78. The highest BCUT2D eigenvalue weighted by Gasteiger charge is 2.21. The third-order valence-corrected chi connectivity index (χ3v) is 1.36. The Morgan fingerprint density at radius 3 is 1.60 bits per heavy atom. The van der Waals surface area contributed by atoms with E-state index in [0.29, 0.717) is 0 Å². The van der Waals surface area contributed by atoms with Crippen molar-refractivity contribution in [1.29, 1.82) is 0 Å². The topological polar surface area (TPSA) is 26.3 Å². The highest BCUT2D eigenvalue weighted by atomic mass is 16.5. The first-order chi connectivity index (χ1) is 3.50. The van der Waals surface area contributed by atoms with E-state index in [4.69, 9.17) is 4.74 Å². The molecule has 0 aromatic rings. The number of hydrogen-bond donors (Lipinski definition) is 0. The summed E-state index contributed by atoms with van der Waals surface area (Å²) in [5.74, 6) is 0.0556. The first-order valence-corrected chi connectivity index (χ1v) is 2.57. The summed E-state index contributed by atoms with van der Waals surface area (Å²) in [6, 6.07) is 0. The average molecular weight is 148 g/mol. The molecular formula is C8H20O2. The molecule has 0 aliphatic rings. The van der Waals surface area contributed by atoms with E-state index in [0.717, 1.165) is 0 Å². The van der Waals surface area contributed by atoms with Crippen LogP contribution in [0.3, 0.4) is 0 Å². The van der Waals surface area contributed by atoms with E-state index in [9.17, 15) is 4.79 Å². The number of Topliss-reactive ketones (excluding diaryl/α,β-unsaturated/α-hetero) is 1. The summed E-state index contributed by atoms with van der Waals surface area (Å²) in [4.78, 5) is 10.6. The van der Waals surface area contributed by atoms with Gasteiger partial charge in [0.25, 0.3) is 0 Å². The van der Waals surface area contributed by atoms with Gasteiger partial charge in [-0.25, -0.2) is 0 Å². The van der Waals surface area contributed by atoms with Crippen molar-refractivity contribution in [2.45, 2.75) is 41.2 Å². The fourth-order valence-corrected chi connectivity index (χ4v) is 0.144. The Kier molecular flexibility index (Phi) is 8.84. The zero-order valence-electron chi connectivity index (χ0n) is 5.82. The van der Waals surface area contributed by atoms with Crippen LogP contribution in [-0.2, 0) is 9.53 Å². The van der Waals surface area contributed by atoms with Crippen molar-refractivity contribution in [3.8, 4) is 0 Å². The molecule has 0 bridgehead atoms. The van der Waals surface area contributed by atoms with E-state index < -0.39 is 5.60 Å². The van der Waals surface area contributed by atoms with Crippen LogP contribution in [0.25, 0.3) is 0 Å². The molecule has 0 saturated carbocycles. The second-order valence-corrected chi connectivity index (χ2v) is 2.27. The van der Waals surface area contributed by atoms with Gasteiger partial charge in [-0.1, -0.05) is 14.9 Å². The summed E-state index contributed by atoms with van der Waals surface area (Å²) in [6.45, 7) is 5.01. The van der Waals surface area contributed by atoms with Gasteiger partial charge in [0, 0.05) is 7.11 Å². The molecule has 0 aliphatic carbocycles. The number of carbonyl (C=O) groups is 1. The molecule has 0 heterocycles. The molecule has 0 N–H and O–H groups in total. The van der Waals surface area contributed by atoms with Gasteiger partial charge >= 0.3 is 0 Å². The Balaban J connectivity index is -0.000000245. The molecule has 64 valence electrons. The van der Waals surface area contributed by atoms with Crippen molar-refractivity contribution >= 4 is 5.78 Å². The van der Waals surface area contributed by atoms with Crippen LogP contribution in [0.5, 0.6) is 0 Å². The van der Waals surface area contributed by atoms with Crippen LogP contribution in [-0.4, -0.2) is 18.5 Å². The van der Waals surface area contributed by atoms with Crippen molar-refractivity contribution < 1.29 is 9.53 Å². The van der Waals surface area contributed by atoms with Gasteiger partial charge in [0.05, 0.1) is 0 Å². The number of carbonyl (C=O) groups excluding carboxylic acids is 1. The van der Waals surface area contributed by atoms with Crippen LogP contribution < -0.4 is 0 Å². The molecule has 0 aromatic heterocycles. The van der Waals surface area contributed by atoms with Crippen molar-refractivity contribution in [3.63, 3.8) is 0 Å². The minimum Gasteiger partial charge on any atom is -0.371 e. The van der Waals surface area contributed by atoms with E-state index in [1.54, 1.807) is 13.8 Å². The molecule has 0 amide bonds. The molecule has 10 heavy (non-hydrogen) atoms. The van der Waals surface area contributed by atoms with E-state index in [1.165, 1.54) is 14.0 Å². The Hall–Kier alpha value is -0.370. The fraction of sp³-hybridized carbons (Fsp3) is 0.875. The molecule has 2 heteroatoms. The maximum atomic E-state index is 10.6. The number of ether oxygens (including phenoxy) is 1. The highest BCUT2D eigenvalue weighted by molar-refractivity contribution is 5.83. The monoisotopic (exact) mass is 148 g/mol. The summed E-state index contributed by atoms with van der Waals surface area (Å²) >= 11 is 0. The van der Waals surface area contributed by atoms with Gasteiger partial charge in [-0.3, -0.25) is 4.79 Å². The second kappa shape index (κ2) is 5.42. The van der Waals surface area contributed by atoms with Gasteiger partial charge in [-0.05, 0) is 20.8 Å². The Bertz CT molecular complexity index is 95.4. The Labute approximate surface area is 64.6 Å². The predicted molar refractivity (Wildman–Crippen MR) is 45.2 cm³/mol. The second-order valence-electron chi connectivity index (χ2n) is 2.27. The molecule has 0 rings (SSSR count). The van der Waals surface area contributed by atoms with E-state index in [-0.39, 0.29) is 20.6 Å². The average Bonchev–Trinajstić information content (AvgIpc) is 1.67. The van der Waals surface area contributed by atoms with Gasteiger partial charge in [0.15, 0.2) is 5.78 Å². The molecule has 0 aliphatic heterocycles. The van der Waals surface area contributed by atoms with E-state index in [1.807, 2.05) is 0 Å². The van der Waals surface area contributed by atoms with Crippen LogP contribution >= 0.6 is 0 Å². The lowest BCUT2D eigenvalue weighted by atomic mass is 10.1. The Morgan fingerprint density at radius 2 is 1.60 bits per heavy atom. The van der Waals surface area contributed by atoms with Crippen molar-refractivity contribution in [2.24, 2.45) is 0 Å². The Morgan fingerprint density at radius 1 is 1.30 bits per heavy atom. The quantitative estimate of drug-likeness (QED) is 0.600. The van der Waals surface area contributed by atoms with Crippen LogP contribution in [0, 0.1) is 0 Å². The maximum absolute atomic E-state index is 10.6. The third-order valence-electron chi connectivity index (χ3n) is 1.36. The normalized spacial score (nSPS) is 9.20. The highest BCUT2D eigenvalue weighted by Crippen LogP contribution is 2.06. The van der Waals surface area contributed by atoms with Crippen LogP contribution in [0.4, 0.5) is 0 Å². The number of methoxy groups -OCH3 is 1. The molecule has 0 aromatic carbocycles. The standard InChI is InChI=1S/C6H12O2.2CH4/c1-5(7)6(2,3)8-4;;/h1-4H3;2*1H4. The van der Waals surface area contributed by atoms with Crippen LogP contribution in [0.1, 0.15) is 35.6 Å². The summed E-state index contributed by atoms with van der Waals surface area (Å²) in [5.41, 5.74) is -0.597. The number of rotatable bonds is 2. The van der Waals surface area contributed by atoms with Gasteiger partial charge in [0.1, 0.15) is 5.60 Å². The number of ketones is 1. The van der Waals surface area contributed by atoms with Gasteiger partial charge in [-0.2, -0.15) is 0 Å². The van der Waals surface area contributed by atoms with E-state index in [2.05, 4.69) is 0 Å². The summed E-state index contributed by atoms with van der Waals surface area (Å²) < 4.78 is 4.85. The smallest absolute Gasteiger partial charge is 0.160 e. The van der Waals surface area contributed by atoms with Gasteiger partial charge in [0.2, 0.25) is 0 Å². The summed E-state index contributed by atoms with van der Waals surface area (Å²) in [5, 5.41) is 0. The van der Waals surface area contributed by atoms with Crippen LogP contribution in [0.15, 0.2) is 0 Å². The minimum atomic E-state index is -0.597. The molecule has 0 saturated heterocycles.